The minimum Gasteiger partial charge on any atom is -0.465 e. The monoisotopic (exact) mass is 861 g/mol. The Morgan fingerprint density at radius 1 is 0.508 bits per heavy atom. The zero-order valence-corrected chi connectivity index (χ0v) is 41.4. The van der Waals surface area contributed by atoms with E-state index in [-0.39, 0.29) is 11.9 Å². The van der Waals surface area contributed by atoms with Crippen LogP contribution >= 0.6 is 0 Å². The van der Waals surface area contributed by atoms with E-state index in [4.69, 9.17) is 9.47 Å². The van der Waals surface area contributed by atoms with Crippen molar-refractivity contribution >= 4 is 11.9 Å². The zero-order valence-electron chi connectivity index (χ0n) is 41.4. The van der Waals surface area contributed by atoms with Gasteiger partial charge in [0.15, 0.2) is 0 Å². The molecule has 0 saturated carbocycles. The number of carbonyl (C=O) groups is 2. The molecule has 0 saturated heterocycles. The Morgan fingerprint density at radius 2 is 0.885 bits per heavy atom. The summed E-state index contributed by atoms with van der Waals surface area (Å²) in [5.74, 6) is 0.885. The molecule has 0 spiro atoms. The maximum absolute atomic E-state index is 12.7. The first-order valence-corrected chi connectivity index (χ1v) is 26.6. The lowest BCUT2D eigenvalue weighted by molar-refractivity contribution is -0.146. The Labute approximate surface area is 380 Å². The molecule has 7 heteroatoms. The summed E-state index contributed by atoms with van der Waals surface area (Å²) in [5, 5.41) is 11.1. The smallest absolute Gasteiger partial charge is 0.305 e. The summed E-state index contributed by atoms with van der Waals surface area (Å²) >= 11 is 0. The molecule has 3 unspecified atom stereocenters. The molecular formula is C54H104N2O5. The summed E-state index contributed by atoms with van der Waals surface area (Å²) in [5.41, 5.74) is 0. The highest BCUT2D eigenvalue weighted by Crippen LogP contribution is 2.22. The van der Waals surface area contributed by atoms with Crippen molar-refractivity contribution in [3.63, 3.8) is 0 Å². The number of aliphatic hydroxyl groups is 1. The molecule has 0 fully saturated rings. The lowest BCUT2D eigenvalue weighted by Crippen LogP contribution is -2.35. The van der Waals surface area contributed by atoms with Crippen LogP contribution in [-0.4, -0.2) is 72.3 Å². The van der Waals surface area contributed by atoms with Gasteiger partial charge >= 0.3 is 11.9 Å². The maximum atomic E-state index is 12.7. The number of aliphatic hydroxyl groups excluding tert-OH is 1. The SMILES string of the molecule is C=CN(/C=C\C)CCCN(CCCCCCC(=O)OCC(CCCCCC)CCCCCCCC)CC(O)CCCCC(=O)OCC(CCCCCC)CCCCCCCC. The van der Waals surface area contributed by atoms with Gasteiger partial charge in [-0.25, -0.2) is 0 Å². The van der Waals surface area contributed by atoms with Crippen LogP contribution in [0.1, 0.15) is 253 Å². The third-order valence-electron chi connectivity index (χ3n) is 12.5. The number of carbonyl (C=O) groups excluding carboxylic acids is 2. The van der Waals surface area contributed by atoms with Gasteiger partial charge in [0.05, 0.1) is 19.3 Å². The second-order valence-corrected chi connectivity index (χ2v) is 18.5. The van der Waals surface area contributed by atoms with E-state index < -0.39 is 6.10 Å². The van der Waals surface area contributed by atoms with Gasteiger partial charge in [0.1, 0.15) is 0 Å². The number of nitrogens with zero attached hydrogens (tertiary/aromatic N) is 2. The summed E-state index contributed by atoms with van der Waals surface area (Å²) in [6.45, 7) is 19.5. The Bertz CT molecular complexity index is 988. The van der Waals surface area contributed by atoms with E-state index >= 15 is 0 Å². The van der Waals surface area contributed by atoms with Crippen molar-refractivity contribution in [2.24, 2.45) is 11.8 Å². The Balaban J connectivity index is 4.71. The summed E-state index contributed by atoms with van der Waals surface area (Å²) in [7, 11) is 0. The second kappa shape index (κ2) is 46.1. The molecule has 360 valence electrons. The van der Waals surface area contributed by atoms with Crippen LogP contribution in [0.15, 0.2) is 25.1 Å². The number of hydrogen-bond acceptors (Lipinski definition) is 7. The highest BCUT2D eigenvalue weighted by atomic mass is 16.5. The van der Waals surface area contributed by atoms with Crippen LogP contribution in [0.25, 0.3) is 0 Å². The fourth-order valence-electron chi connectivity index (χ4n) is 8.52. The summed E-state index contributed by atoms with van der Waals surface area (Å²) < 4.78 is 11.7. The molecule has 0 aromatic rings. The Kier molecular flexibility index (Phi) is 44.7. The quantitative estimate of drug-likeness (QED) is 0.0482. The minimum atomic E-state index is -0.418. The van der Waals surface area contributed by atoms with Crippen LogP contribution in [-0.2, 0) is 19.1 Å². The van der Waals surface area contributed by atoms with Crippen molar-refractivity contribution in [3.05, 3.63) is 25.1 Å². The number of esters is 2. The first-order valence-electron chi connectivity index (χ1n) is 26.6. The van der Waals surface area contributed by atoms with Crippen LogP contribution in [0.5, 0.6) is 0 Å². The third kappa shape index (κ3) is 40.6. The lowest BCUT2D eigenvalue weighted by Gasteiger charge is -2.26. The van der Waals surface area contributed by atoms with Crippen molar-refractivity contribution in [1.82, 2.24) is 9.80 Å². The largest absolute Gasteiger partial charge is 0.465 e. The Morgan fingerprint density at radius 3 is 1.34 bits per heavy atom. The molecule has 61 heavy (non-hydrogen) atoms. The van der Waals surface area contributed by atoms with Crippen LogP contribution < -0.4 is 0 Å². The van der Waals surface area contributed by atoms with Crippen molar-refractivity contribution in [2.75, 3.05) is 39.4 Å². The van der Waals surface area contributed by atoms with Gasteiger partial charge in [-0.2, -0.15) is 0 Å². The van der Waals surface area contributed by atoms with E-state index in [0.717, 1.165) is 64.6 Å². The average molecular weight is 861 g/mol. The molecule has 0 aliphatic heterocycles. The molecule has 3 atom stereocenters. The van der Waals surface area contributed by atoms with Gasteiger partial charge in [0, 0.05) is 25.9 Å². The summed E-state index contributed by atoms with van der Waals surface area (Å²) in [6.07, 6.45) is 44.2. The highest BCUT2D eigenvalue weighted by Gasteiger charge is 2.16. The Hall–Kier alpha value is -1.86. The lowest BCUT2D eigenvalue weighted by atomic mass is 9.95. The fraction of sp³-hybridized carbons (Fsp3) is 0.889. The van der Waals surface area contributed by atoms with E-state index in [1.165, 1.54) is 154 Å². The van der Waals surface area contributed by atoms with E-state index in [0.29, 0.717) is 50.9 Å². The molecule has 0 aromatic carbocycles. The standard InChI is InChI=1S/C54H104N2O5/c1-7-13-17-21-23-29-38-50(36-27-19-15-9-3)48-60-53(58)41-31-25-26-34-44-56(46-35-45-55(12-6)43-11-5)47-52(57)40-32-33-42-54(59)61-49-51(37-28-20-16-10-4)39-30-24-22-18-14-8-2/h11-12,43,50-52,57H,6-10,13-42,44-49H2,1-5H3/b43-11-. The molecule has 0 rings (SSSR count). The van der Waals surface area contributed by atoms with Crippen LogP contribution in [0.3, 0.4) is 0 Å². The molecule has 7 nitrogen and oxygen atoms in total. The van der Waals surface area contributed by atoms with E-state index in [1.807, 2.05) is 19.2 Å². The van der Waals surface area contributed by atoms with Gasteiger partial charge in [-0.15, -0.1) is 0 Å². The normalized spacial score (nSPS) is 13.2. The first kappa shape index (κ1) is 59.1. The van der Waals surface area contributed by atoms with Gasteiger partial charge < -0.3 is 24.4 Å². The average Bonchev–Trinajstić information content (AvgIpc) is 3.26. The van der Waals surface area contributed by atoms with E-state index in [2.05, 4.69) is 50.3 Å². The second-order valence-electron chi connectivity index (χ2n) is 18.5. The summed E-state index contributed by atoms with van der Waals surface area (Å²) in [4.78, 5) is 29.9. The van der Waals surface area contributed by atoms with Gasteiger partial charge in [0.2, 0.25) is 0 Å². The van der Waals surface area contributed by atoms with Crippen LogP contribution in [0.2, 0.25) is 0 Å². The van der Waals surface area contributed by atoms with Crippen molar-refractivity contribution in [2.45, 2.75) is 259 Å². The molecule has 0 radical (unpaired) electrons. The number of ether oxygens (including phenoxy) is 2. The fourth-order valence-corrected chi connectivity index (χ4v) is 8.52. The van der Waals surface area contributed by atoms with Crippen molar-refractivity contribution < 1.29 is 24.2 Å². The number of hydrogen-bond donors (Lipinski definition) is 1. The third-order valence-corrected chi connectivity index (χ3v) is 12.5. The van der Waals surface area contributed by atoms with E-state index in [9.17, 15) is 14.7 Å². The van der Waals surface area contributed by atoms with Crippen molar-refractivity contribution in [3.8, 4) is 0 Å². The minimum absolute atomic E-state index is 0.0297. The maximum Gasteiger partial charge on any atom is 0.305 e. The predicted octanol–water partition coefficient (Wildman–Crippen LogP) is 15.3. The molecular weight excluding hydrogens is 757 g/mol. The topological polar surface area (TPSA) is 79.3 Å². The molecule has 1 N–H and O–H groups in total. The molecule has 0 heterocycles. The first-order chi connectivity index (χ1) is 29.8. The number of unbranched alkanes of at least 4 members (excludes halogenated alkanes) is 20. The molecule has 0 amide bonds. The number of allylic oxidation sites excluding steroid dienone is 1. The zero-order chi connectivity index (χ0) is 44.9. The molecule has 0 aliphatic rings. The van der Waals surface area contributed by atoms with Crippen LogP contribution in [0.4, 0.5) is 0 Å². The molecule has 0 aliphatic carbocycles. The summed E-state index contributed by atoms with van der Waals surface area (Å²) in [6, 6.07) is 0. The van der Waals surface area contributed by atoms with Gasteiger partial charge in [-0.3, -0.25) is 9.59 Å². The number of rotatable bonds is 48. The highest BCUT2D eigenvalue weighted by molar-refractivity contribution is 5.69. The molecule has 0 bridgehead atoms. The van der Waals surface area contributed by atoms with Gasteiger partial charge in [-0.05, 0) is 102 Å². The van der Waals surface area contributed by atoms with Crippen LogP contribution in [0, 0.1) is 11.8 Å². The van der Waals surface area contributed by atoms with Gasteiger partial charge in [-0.1, -0.05) is 188 Å². The van der Waals surface area contributed by atoms with Crippen molar-refractivity contribution in [1.29, 1.82) is 0 Å². The van der Waals surface area contributed by atoms with Gasteiger partial charge in [0.25, 0.3) is 0 Å². The predicted molar refractivity (Wildman–Crippen MR) is 263 cm³/mol. The molecule has 0 aromatic heterocycles. The van der Waals surface area contributed by atoms with E-state index in [1.54, 1.807) is 0 Å².